The van der Waals surface area contributed by atoms with Gasteiger partial charge in [-0.15, -0.1) is 12.3 Å². The Morgan fingerprint density at radius 3 is 2.92 bits per heavy atom. The SMILES string of the molecule is C#CCCCC(O)c1ccc(Cl)o1. The Hall–Kier alpha value is -0.910. The fraction of sp³-hybridized carbons (Fsp3) is 0.400. The topological polar surface area (TPSA) is 33.4 Å². The summed E-state index contributed by atoms with van der Waals surface area (Å²) in [5, 5.41) is 9.84. The standard InChI is InChI=1S/C10H11ClO2/c1-2-3-4-5-8(12)9-6-7-10(11)13-9/h1,6-8,12H,3-5H2. The van der Waals surface area contributed by atoms with Gasteiger partial charge in [0.2, 0.25) is 0 Å². The van der Waals surface area contributed by atoms with Crippen molar-refractivity contribution in [3.8, 4) is 12.3 Å². The van der Waals surface area contributed by atoms with Crippen molar-refractivity contribution in [2.45, 2.75) is 25.4 Å². The van der Waals surface area contributed by atoms with E-state index in [-0.39, 0.29) is 0 Å². The number of halogens is 1. The van der Waals surface area contributed by atoms with E-state index in [2.05, 4.69) is 5.92 Å². The molecular weight excluding hydrogens is 188 g/mol. The van der Waals surface area contributed by atoms with Crippen LogP contribution in [0.2, 0.25) is 5.22 Å². The van der Waals surface area contributed by atoms with Gasteiger partial charge in [0.05, 0.1) is 0 Å². The number of furan rings is 1. The molecule has 0 saturated carbocycles. The molecule has 0 saturated heterocycles. The van der Waals surface area contributed by atoms with Gasteiger partial charge in [-0.3, -0.25) is 0 Å². The van der Waals surface area contributed by atoms with E-state index in [4.69, 9.17) is 22.4 Å². The molecule has 1 atom stereocenters. The van der Waals surface area contributed by atoms with Crippen LogP contribution in [0.3, 0.4) is 0 Å². The lowest BCUT2D eigenvalue weighted by Gasteiger charge is -2.04. The number of hydrogen-bond donors (Lipinski definition) is 1. The van der Waals surface area contributed by atoms with E-state index in [1.54, 1.807) is 12.1 Å². The molecular formula is C10H11ClO2. The van der Waals surface area contributed by atoms with Crippen LogP contribution in [0.15, 0.2) is 16.5 Å². The number of rotatable bonds is 4. The normalized spacial score (nSPS) is 12.4. The minimum atomic E-state index is -0.596. The van der Waals surface area contributed by atoms with Crippen molar-refractivity contribution < 1.29 is 9.52 Å². The molecule has 0 amide bonds. The molecule has 1 heterocycles. The highest BCUT2D eigenvalue weighted by Gasteiger charge is 2.10. The van der Waals surface area contributed by atoms with Crippen molar-refractivity contribution in [3.05, 3.63) is 23.1 Å². The van der Waals surface area contributed by atoms with Crippen LogP contribution in [0.1, 0.15) is 31.1 Å². The van der Waals surface area contributed by atoms with Gasteiger partial charge in [-0.25, -0.2) is 0 Å². The van der Waals surface area contributed by atoms with Crippen molar-refractivity contribution in [2.24, 2.45) is 0 Å². The number of aliphatic hydroxyl groups is 1. The van der Waals surface area contributed by atoms with E-state index in [9.17, 15) is 5.11 Å². The molecule has 2 nitrogen and oxygen atoms in total. The molecule has 1 aromatic rings. The van der Waals surface area contributed by atoms with Gasteiger partial charge in [0.15, 0.2) is 5.22 Å². The molecule has 0 aliphatic heterocycles. The predicted octanol–water partition coefficient (Wildman–Crippen LogP) is 2.77. The minimum Gasteiger partial charge on any atom is -0.447 e. The first kappa shape index (κ1) is 10.2. The Labute approximate surface area is 82.5 Å². The third-order valence-corrected chi connectivity index (χ3v) is 1.92. The predicted molar refractivity (Wildman–Crippen MR) is 51.4 cm³/mol. The number of aliphatic hydroxyl groups excluding tert-OH is 1. The Morgan fingerprint density at radius 2 is 2.38 bits per heavy atom. The maximum absolute atomic E-state index is 9.54. The summed E-state index contributed by atoms with van der Waals surface area (Å²) in [6.45, 7) is 0. The van der Waals surface area contributed by atoms with Gasteiger partial charge in [0.25, 0.3) is 0 Å². The fourth-order valence-corrected chi connectivity index (χ4v) is 1.20. The lowest BCUT2D eigenvalue weighted by atomic mass is 10.1. The number of unbranched alkanes of at least 4 members (excludes halogenated alkanes) is 1. The zero-order valence-electron chi connectivity index (χ0n) is 7.16. The molecule has 1 rings (SSSR count). The van der Waals surface area contributed by atoms with Crippen LogP contribution in [0, 0.1) is 12.3 Å². The quantitative estimate of drug-likeness (QED) is 0.596. The van der Waals surface area contributed by atoms with Crippen molar-refractivity contribution in [1.82, 2.24) is 0 Å². The zero-order chi connectivity index (χ0) is 9.68. The average molecular weight is 199 g/mol. The summed E-state index contributed by atoms with van der Waals surface area (Å²) in [6.07, 6.45) is 6.55. The van der Waals surface area contributed by atoms with Crippen molar-refractivity contribution in [3.63, 3.8) is 0 Å². The summed E-state index contributed by atoms with van der Waals surface area (Å²) in [7, 11) is 0. The molecule has 1 N–H and O–H groups in total. The Bertz CT molecular complexity index is 298. The van der Waals surface area contributed by atoms with Crippen LogP contribution in [0.4, 0.5) is 0 Å². The molecule has 13 heavy (non-hydrogen) atoms. The maximum atomic E-state index is 9.54. The molecule has 0 bridgehead atoms. The summed E-state index contributed by atoms with van der Waals surface area (Å²) in [4.78, 5) is 0. The summed E-state index contributed by atoms with van der Waals surface area (Å²) in [5.74, 6) is 3.01. The highest BCUT2D eigenvalue weighted by atomic mass is 35.5. The highest BCUT2D eigenvalue weighted by Crippen LogP contribution is 2.23. The lowest BCUT2D eigenvalue weighted by Crippen LogP contribution is -1.94. The first-order valence-corrected chi connectivity index (χ1v) is 4.48. The van der Waals surface area contributed by atoms with Crippen molar-refractivity contribution >= 4 is 11.6 Å². The van der Waals surface area contributed by atoms with Crippen LogP contribution < -0.4 is 0 Å². The number of hydrogen-bond acceptors (Lipinski definition) is 2. The van der Waals surface area contributed by atoms with E-state index in [1.807, 2.05) is 0 Å². The third kappa shape index (κ3) is 3.14. The van der Waals surface area contributed by atoms with Gasteiger partial charge in [0, 0.05) is 6.42 Å². The maximum Gasteiger partial charge on any atom is 0.193 e. The second-order valence-electron chi connectivity index (χ2n) is 2.75. The second kappa shape index (κ2) is 4.96. The van der Waals surface area contributed by atoms with Gasteiger partial charge in [0.1, 0.15) is 11.9 Å². The summed E-state index contributed by atoms with van der Waals surface area (Å²) < 4.78 is 5.04. The van der Waals surface area contributed by atoms with Gasteiger partial charge >= 0.3 is 0 Å². The van der Waals surface area contributed by atoms with Crippen LogP contribution >= 0.6 is 11.6 Å². The second-order valence-corrected chi connectivity index (χ2v) is 3.13. The first-order valence-electron chi connectivity index (χ1n) is 4.11. The van der Waals surface area contributed by atoms with Gasteiger partial charge in [-0.2, -0.15) is 0 Å². The lowest BCUT2D eigenvalue weighted by molar-refractivity contribution is 0.138. The third-order valence-electron chi connectivity index (χ3n) is 1.72. The molecule has 0 aliphatic rings. The van der Waals surface area contributed by atoms with E-state index >= 15 is 0 Å². The molecule has 0 radical (unpaired) electrons. The van der Waals surface area contributed by atoms with Gasteiger partial charge < -0.3 is 9.52 Å². The Morgan fingerprint density at radius 1 is 1.62 bits per heavy atom. The molecule has 0 spiro atoms. The van der Waals surface area contributed by atoms with Crippen LogP contribution in [0.25, 0.3) is 0 Å². The summed E-state index contributed by atoms with van der Waals surface area (Å²) in [5.41, 5.74) is 0. The Balaban J connectivity index is 2.40. The monoisotopic (exact) mass is 198 g/mol. The highest BCUT2D eigenvalue weighted by molar-refractivity contribution is 6.28. The molecule has 1 aromatic heterocycles. The molecule has 70 valence electrons. The van der Waals surface area contributed by atoms with E-state index in [0.717, 1.165) is 6.42 Å². The minimum absolute atomic E-state index is 0.297. The smallest absolute Gasteiger partial charge is 0.193 e. The molecule has 0 aromatic carbocycles. The van der Waals surface area contributed by atoms with Crippen LogP contribution in [-0.4, -0.2) is 5.11 Å². The van der Waals surface area contributed by atoms with E-state index < -0.39 is 6.10 Å². The van der Waals surface area contributed by atoms with E-state index in [0.29, 0.717) is 23.8 Å². The van der Waals surface area contributed by atoms with Gasteiger partial charge in [-0.1, -0.05) is 0 Å². The van der Waals surface area contributed by atoms with Crippen molar-refractivity contribution in [2.75, 3.05) is 0 Å². The van der Waals surface area contributed by atoms with Gasteiger partial charge in [-0.05, 0) is 36.6 Å². The molecule has 3 heteroatoms. The van der Waals surface area contributed by atoms with Crippen molar-refractivity contribution in [1.29, 1.82) is 0 Å². The first-order chi connectivity index (χ1) is 6.24. The molecule has 0 aliphatic carbocycles. The largest absolute Gasteiger partial charge is 0.447 e. The fourth-order valence-electron chi connectivity index (χ4n) is 1.05. The Kier molecular flexibility index (Phi) is 3.88. The van der Waals surface area contributed by atoms with Crippen LogP contribution in [-0.2, 0) is 0 Å². The zero-order valence-corrected chi connectivity index (χ0v) is 7.92. The van der Waals surface area contributed by atoms with E-state index in [1.165, 1.54) is 0 Å². The summed E-state index contributed by atoms with van der Waals surface area (Å²) in [6, 6.07) is 3.28. The van der Waals surface area contributed by atoms with Crippen LogP contribution in [0.5, 0.6) is 0 Å². The average Bonchev–Trinajstić information content (AvgIpc) is 2.52. The summed E-state index contributed by atoms with van der Waals surface area (Å²) >= 11 is 5.56. The number of terminal acetylenes is 1. The molecule has 1 unspecified atom stereocenters. The molecule has 0 fully saturated rings.